The summed E-state index contributed by atoms with van der Waals surface area (Å²) in [5, 5.41) is 8.36. The minimum absolute atomic E-state index is 0.132. The van der Waals surface area contributed by atoms with Crippen molar-refractivity contribution in [2.24, 2.45) is 0 Å². The fourth-order valence-electron chi connectivity index (χ4n) is 3.45. The Morgan fingerprint density at radius 1 is 1.20 bits per heavy atom. The number of rotatable bonds is 4. The van der Waals surface area contributed by atoms with Crippen LogP contribution in [0.5, 0.6) is 0 Å². The monoisotopic (exact) mass is 423 g/mol. The highest BCUT2D eigenvalue weighted by Gasteiger charge is 2.48. The molecular formula is C19H17F4N5O2. The number of carbonyl (C=O) groups is 2. The molecule has 2 heterocycles. The molecule has 1 saturated carbocycles. The number of benzene rings is 1. The number of carbonyl (C=O) groups excluding carboxylic acids is 2. The molecule has 2 unspecified atom stereocenters. The Morgan fingerprint density at radius 2 is 1.90 bits per heavy atom. The van der Waals surface area contributed by atoms with E-state index in [1.54, 1.807) is 6.07 Å². The van der Waals surface area contributed by atoms with E-state index in [0.717, 1.165) is 6.07 Å². The van der Waals surface area contributed by atoms with E-state index in [0.29, 0.717) is 18.9 Å². The van der Waals surface area contributed by atoms with Crippen LogP contribution in [0.4, 0.5) is 17.6 Å². The van der Waals surface area contributed by atoms with E-state index in [2.05, 4.69) is 25.9 Å². The lowest BCUT2D eigenvalue weighted by atomic mass is 10.0. The molecule has 2 aromatic rings. The predicted octanol–water partition coefficient (Wildman–Crippen LogP) is 1.92. The second-order valence-corrected chi connectivity index (χ2v) is 7.29. The third-order valence-electron chi connectivity index (χ3n) is 5.16. The molecule has 2 aliphatic rings. The molecule has 1 saturated heterocycles. The van der Waals surface area contributed by atoms with Gasteiger partial charge in [-0.15, -0.1) is 0 Å². The second-order valence-electron chi connectivity index (χ2n) is 7.29. The maximum absolute atomic E-state index is 14.0. The summed E-state index contributed by atoms with van der Waals surface area (Å²) in [5.74, 6) is -1.99. The summed E-state index contributed by atoms with van der Waals surface area (Å²) in [6, 6.07) is 3.35. The molecule has 7 nitrogen and oxygen atoms in total. The summed E-state index contributed by atoms with van der Waals surface area (Å²) < 4.78 is 52.4. The van der Waals surface area contributed by atoms with Crippen molar-refractivity contribution in [2.45, 2.75) is 43.2 Å². The summed E-state index contributed by atoms with van der Waals surface area (Å²) in [6.07, 6.45) is -1.79. The summed E-state index contributed by atoms with van der Waals surface area (Å²) in [5.41, 5.74) is -2.05. The zero-order valence-corrected chi connectivity index (χ0v) is 15.5. The van der Waals surface area contributed by atoms with Crippen LogP contribution >= 0.6 is 0 Å². The van der Waals surface area contributed by atoms with Crippen molar-refractivity contribution in [3.63, 3.8) is 0 Å². The number of amides is 2. The van der Waals surface area contributed by atoms with Gasteiger partial charge in [-0.3, -0.25) is 14.9 Å². The maximum atomic E-state index is 14.0. The predicted molar refractivity (Wildman–Crippen MR) is 94.9 cm³/mol. The van der Waals surface area contributed by atoms with E-state index in [9.17, 15) is 27.2 Å². The number of alkyl halides is 3. The van der Waals surface area contributed by atoms with Crippen molar-refractivity contribution in [3.8, 4) is 0 Å². The van der Waals surface area contributed by atoms with Crippen LogP contribution in [0.3, 0.4) is 0 Å². The zero-order valence-electron chi connectivity index (χ0n) is 15.5. The molecule has 1 aliphatic carbocycles. The summed E-state index contributed by atoms with van der Waals surface area (Å²) in [6.45, 7) is 0. The van der Waals surface area contributed by atoms with Crippen LogP contribution in [0.15, 0.2) is 36.7 Å². The van der Waals surface area contributed by atoms with Gasteiger partial charge in [-0.1, -0.05) is 6.07 Å². The average Bonchev–Trinajstić information content (AvgIpc) is 3.48. The first-order valence-corrected chi connectivity index (χ1v) is 9.19. The van der Waals surface area contributed by atoms with E-state index in [4.69, 9.17) is 0 Å². The summed E-state index contributed by atoms with van der Waals surface area (Å²) >= 11 is 0. The standard InChI is InChI=1S/C19H17F4N5O2/c20-12-8-10(2-3-11(12)19(21,22)23)18(4-5-18)28-17(30)13-9-14(29)27-16(26-13)15-24-6-1-7-25-15/h1-3,6-8,13,16,26H,4-5,9H2,(H,27,29)(H,28,30). The van der Waals surface area contributed by atoms with Crippen LogP contribution in [0.25, 0.3) is 0 Å². The van der Waals surface area contributed by atoms with Crippen LogP contribution in [0.2, 0.25) is 0 Å². The van der Waals surface area contributed by atoms with Gasteiger partial charge in [0.15, 0.2) is 5.82 Å². The Kier molecular flexibility index (Phi) is 4.92. The number of hydrogen-bond donors (Lipinski definition) is 3. The fraction of sp³-hybridized carbons (Fsp3) is 0.368. The Hall–Kier alpha value is -3.08. The van der Waals surface area contributed by atoms with Gasteiger partial charge >= 0.3 is 6.18 Å². The SMILES string of the molecule is O=C1CC(C(=O)NC2(c3ccc(C(F)(F)F)c(F)c3)CC2)NC(c2ncccn2)N1. The molecule has 1 aromatic carbocycles. The highest BCUT2D eigenvalue weighted by molar-refractivity contribution is 5.90. The molecule has 1 aromatic heterocycles. The first kappa shape index (κ1) is 20.2. The molecule has 0 bridgehead atoms. The molecule has 2 fully saturated rings. The molecule has 2 atom stereocenters. The van der Waals surface area contributed by atoms with E-state index in [1.807, 2.05) is 0 Å². The first-order valence-electron chi connectivity index (χ1n) is 9.19. The minimum atomic E-state index is -4.80. The van der Waals surface area contributed by atoms with E-state index in [1.165, 1.54) is 18.5 Å². The third-order valence-corrected chi connectivity index (χ3v) is 5.16. The van der Waals surface area contributed by atoms with Crippen LogP contribution in [0.1, 0.15) is 42.4 Å². The minimum Gasteiger partial charge on any atom is -0.345 e. The summed E-state index contributed by atoms with van der Waals surface area (Å²) in [4.78, 5) is 32.9. The van der Waals surface area contributed by atoms with Gasteiger partial charge < -0.3 is 10.6 Å². The smallest absolute Gasteiger partial charge is 0.345 e. The molecule has 0 spiro atoms. The summed E-state index contributed by atoms with van der Waals surface area (Å²) in [7, 11) is 0. The van der Waals surface area contributed by atoms with E-state index in [-0.39, 0.29) is 23.7 Å². The van der Waals surface area contributed by atoms with E-state index < -0.39 is 41.2 Å². The largest absolute Gasteiger partial charge is 0.419 e. The number of halogens is 4. The number of nitrogens with zero attached hydrogens (tertiary/aromatic N) is 2. The van der Waals surface area contributed by atoms with Crippen molar-refractivity contribution < 1.29 is 27.2 Å². The molecule has 11 heteroatoms. The number of nitrogens with one attached hydrogen (secondary N) is 3. The molecular weight excluding hydrogens is 406 g/mol. The lowest BCUT2D eigenvalue weighted by Gasteiger charge is -2.31. The Morgan fingerprint density at radius 3 is 2.50 bits per heavy atom. The Bertz CT molecular complexity index is 979. The van der Waals surface area contributed by atoms with Gasteiger partial charge in [0.05, 0.1) is 23.6 Å². The second kappa shape index (κ2) is 7.31. The molecule has 30 heavy (non-hydrogen) atoms. The van der Waals surface area contributed by atoms with Gasteiger partial charge in [0.2, 0.25) is 11.8 Å². The fourth-order valence-corrected chi connectivity index (χ4v) is 3.45. The van der Waals surface area contributed by atoms with Gasteiger partial charge in [-0.2, -0.15) is 13.2 Å². The van der Waals surface area contributed by atoms with Gasteiger partial charge in [0.1, 0.15) is 12.0 Å². The molecule has 2 amide bonds. The first-order chi connectivity index (χ1) is 14.2. The van der Waals surface area contributed by atoms with Crippen molar-refractivity contribution in [1.82, 2.24) is 25.9 Å². The van der Waals surface area contributed by atoms with Gasteiger partial charge in [-0.25, -0.2) is 14.4 Å². The lowest BCUT2D eigenvalue weighted by molar-refractivity contribution is -0.140. The van der Waals surface area contributed by atoms with Crippen LogP contribution in [0, 0.1) is 5.82 Å². The number of hydrogen-bond acceptors (Lipinski definition) is 5. The Labute approximate surface area is 168 Å². The lowest BCUT2D eigenvalue weighted by Crippen LogP contribution is -2.57. The highest BCUT2D eigenvalue weighted by atomic mass is 19.4. The van der Waals surface area contributed by atoms with Crippen molar-refractivity contribution in [3.05, 3.63) is 59.4 Å². The Balaban J connectivity index is 1.49. The van der Waals surface area contributed by atoms with Crippen LogP contribution < -0.4 is 16.0 Å². The molecule has 4 rings (SSSR count). The molecule has 158 valence electrons. The highest BCUT2D eigenvalue weighted by Crippen LogP contribution is 2.46. The van der Waals surface area contributed by atoms with Gasteiger partial charge in [0, 0.05) is 12.4 Å². The zero-order chi connectivity index (χ0) is 21.5. The van der Waals surface area contributed by atoms with Crippen LogP contribution in [-0.4, -0.2) is 27.8 Å². The normalized spacial score (nSPS) is 22.9. The van der Waals surface area contributed by atoms with Crippen molar-refractivity contribution >= 4 is 11.8 Å². The van der Waals surface area contributed by atoms with Gasteiger partial charge in [0.25, 0.3) is 0 Å². The molecule has 0 radical (unpaired) electrons. The molecule has 3 N–H and O–H groups in total. The number of aromatic nitrogens is 2. The van der Waals surface area contributed by atoms with Crippen molar-refractivity contribution in [1.29, 1.82) is 0 Å². The van der Waals surface area contributed by atoms with Crippen molar-refractivity contribution in [2.75, 3.05) is 0 Å². The van der Waals surface area contributed by atoms with E-state index >= 15 is 0 Å². The maximum Gasteiger partial charge on any atom is 0.419 e. The molecule has 1 aliphatic heterocycles. The quantitative estimate of drug-likeness (QED) is 0.653. The van der Waals surface area contributed by atoms with Crippen LogP contribution in [-0.2, 0) is 21.3 Å². The topological polar surface area (TPSA) is 96.0 Å². The third kappa shape index (κ3) is 3.97. The van der Waals surface area contributed by atoms with Gasteiger partial charge in [-0.05, 0) is 36.6 Å². The average molecular weight is 423 g/mol.